The van der Waals surface area contributed by atoms with Crippen molar-refractivity contribution >= 4 is 17.4 Å². The second kappa shape index (κ2) is 7.06. The van der Waals surface area contributed by atoms with Crippen molar-refractivity contribution in [1.82, 2.24) is 14.9 Å². The Bertz CT molecular complexity index is 777. The summed E-state index contributed by atoms with van der Waals surface area (Å²) in [7, 11) is 2.09. The van der Waals surface area contributed by atoms with Crippen LogP contribution >= 0.6 is 0 Å². The van der Waals surface area contributed by atoms with Crippen LogP contribution in [-0.2, 0) is 0 Å². The number of carbonyl (C=O) groups excluding carboxylic acids is 1. The quantitative estimate of drug-likeness (QED) is 0.918. The molecule has 0 spiro atoms. The van der Waals surface area contributed by atoms with Gasteiger partial charge in [0.05, 0.1) is 11.6 Å². The number of carbonyl (C=O) groups is 1. The Labute approximate surface area is 140 Å². The van der Waals surface area contributed by atoms with Crippen LogP contribution in [0.15, 0.2) is 36.7 Å². The Kier molecular flexibility index (Phi) is 4.68. The molecule has 7 nitrogen and oxygen atoms in total. The van der Waals surface area contributed by atoms with Gasteiger partial charge >= 0.3 is 0 Å². The molecule has 3 rings (SSSR count). The van der Waals surface area contributed by atoms with Crippen LogP contribution in [-0.4, -0.2) is 54.0 Å². The molecule has 1 fully saturated rings. The van der Waals surface area contributed by atoms with Gasteiger partial charge in [0.15, 0.2) is 0 Å². The van der Waals surface area contributed by atoms with Crippen LogP contribution in [0, 0.1) is 11.3 Å². The fourth-order valence-corrected chi connectivity index (χ4v) is 2.54. The van der Waals surface area contributed by atoms with Gasteiger partial charge in [-0.05, 0) is 25.2 Å². The van der Waals surface area contributed by atoms with Crippen LogP contribution in [0.3, 0.4) is 0 Å². The molecule has 1 aliphatic heterocycles. The molecule has 0 aliphatic carbocycles. The average Bonchev–Trinajstić information content (AvgIpc) is 2.62. The third-order valence-electron chi connectivity index (χ3n) is 3.96. The maximum absolute atomic E-state index is 12.4. The number of nitrogens with one attached hydrogen (secondary N) is 1. The lowest BCUT2D eigenvalue weighted by Crippen LogP contribution is -2.44. The first-order chi connectivity index (χ1) is 11.7. The van der Waals surface area contributed by atoms with E-state index in [1.807, 2.05) is 6.07 Å². The van der Waals surface area contributed by atoms with Crippen molar-refractivity contribution in [3.63, 3.8) is 0 Å². The van der Waals surface area contributed by atoms with Gasteiger partial charge in [0, 0.05) is 37.9 Å². The molecule has 2 heterocycles. The average molecular weight is 322 g/mol. The van der Waals surface area contributed by atoms with Gasteiger partial charge in [-0.1, -0.05) is 6.07 Å². The number of likely N-dealkylation sites (N-methyl/N-ethyl adjacent to an activating group) is 1. The molecule has 1 aliphatic rings. The van der Waals surface area contributed by atoms with Crippen LogP contribution in [0.4, 0.5) is 11.5 Å². The van der Waals surface area contributed by atoms with Gasteiger partial charge in [-0.25, -0.2) is 9.97 Å². The van der Waals surface area contributed by atoms with Crippen LogP contribution in [0.5, 0.6) is 0 Å². The molecule has 0 saturated carbocycles. The summed E-state index contributed by atoms with van der Waals surface area (Å²) in [4.78, 5) is 25.1. The molecule has 0 unspecified atom stereocenters. The van der Waals surface area contributed by atoms with E-state index >= 15 is 0 Å². The highest BCUT2D eigenvalue weighted by atomic mass is 16.1. The van der Waals surface area contributed by atoms with Gasteiger partial charge < -0.3 is 15.1 Å². The SMILES string of the molecule is CN1CCN(c2cc(C(=O)Nc3cccc(C#N)c3)ncn2)CC1. The topological polar surface area (TPSA) is 85.1 Å². The molecule has 0 atom stereocenters. The Morgan fingerprint density at radius 1 is 1.21 bits per heavy atom. The summed E-state index contributed by atoms with van der Waals surface area (Å²) in [5.41, 5.74) is 1.37. The number of amides is 1. The minimum absolute atomic E-state index is 0.307. The van der Waals surface area contributed by atoms with E-state index in [-0.39, 0.29) is 5.91 Å². The number of rotatable bonds is 3. The van der Waals surface area contributed by atoms with Gasteiger partial charge in [0.1, 0.15) is 17.8 Å². The number of benzene rings is 1. The standard InChI is InChI=1S/C17H18N6O/c1-22-5-7-23(8-6-22)16-10-15(19-12-20-16)17(24)21-14-4-2-3-13(9-14)11-18/h2-4,9-10,12H,5-8H2,1H3,(H,21,24). The van der Waals surface area contributed by atoms with E-state index in [1.165, 1.54) is 6.33 Å². The number of nitriles is 1. The molecular formula is C17H18N6O. The molecule has 2 aromatic rings. The van der Waals surface area contributed by atoms with E-state index in [4.69, 9.17) is 5.26 Å². The number of anilines is 2. The van der Waals surface area contributed by atoms with Crippen molar-refractivity contribution in [3.05, 3.63) is 47.9 Å². The Morgan fingerprint density at radius 2 is 2.00 bits per heavy atom. The summed E-state index contributed by atoms with van der Waals surface area (Å²) in [5, 5.41) is 11.7. The molecular weight excluding hydrogens is 304 g/mol. The van der Waals surface area contributed by atoms with Crippen LogP contribution in [0.1, 0.15) is 16.1 Å². The van der Waals surface area contributed by atoms with Crippen LogP contribution in [0.25, 0.3) is 0 Å². The van der Waals surface area contributed by atoms with Crippen molar-refractivity contribution in [1.29, 1.82) is 5.26 Å². The van der Waals surface area contributed by atoms with Crippen molar-refractivity contribution < 1.29 is 4.79 Å². The first-order valence-corrected chi connectivity index (χ1v) is 7.73. The van der Waals surface area contributed by atoms with Crippen molar-refractivity contribution in [3.8, 4) is 6.07 Å². The molecule has 1 aromatic carbocycles. The Balaban J connectivity index is 1.73. The molecule has 1 aromatic heterocycles. The van der Waals surface area contributed by atoms with Gasteiger partial charge in [0.2, 0.25) is 0 Å². The fourth-order valence-electron chi connectivity index (χ4n) is 2.54. The third kappa shape index (κ3) is 3.67. The molecule has 24 heavy (non-hydrogen) atoms. The number of piperazine rings is 1. The van der Waals surface area contributed by atoms with Gasteiger partial charge in [-0.3, -0.25) is 4.79 Å². The summed E-state index contributed by atoms with van der Waals surface area (Å²) in [6.45, 7) is 3.68. The highest BCUT2D eigenvalue weighted by Crippen LogP contribution is 2.15. The predicted molar refractivity (Wildman–Crippen MR) is 90.9 cm³/mol. The van der Waals surface area contributed by atoms with Crippen LogP contribution < -0.4 is 10.2 Å². The second-order valence-corrected chi connectivity index (χ2v) is 5.70. The lowest BCUT2D eigenvalue weighted by atomic mass is 10.2. The van der Waals surface area contributed by atoms with E-state index in [0.717, 1.165) is 32.0 Å². The lowest BCUT2D eigenvalue weighted by Gasteiger charge is -2.33. The highest BCUT2D eigenvalue weighted by molar-refractivity contribution is 6.03. The number of hydrogen-bond donors (Lipinski definition) is 1. The van der Waals surface area contributed by atoms with Gasteiger partial charge in [-0.15, -0.1) is 0 Å². The summed E-state index contributed by atoms with van der Waals surface area (Å²) >= 11 is 0. The molecule has 1 saturated heterocycles. The molecule has 1 N–H and O–H groups in total. The van der Waals surface area contributed by atoms with E-state index in [0.29, 0.717) is 16.9 Å². The zero-order valence-electron chi connectivity index (χ0n) is 13.4. The minimum atomic E-state index is -0.317. The van der Waals surface area contributed by atoms with E-state index in [2.05, 4.69) is 32.1 Å². The molecule has 122 valence electrons. The zero-order chi connectivity index (χ0) is 16.9. The molecule has 7 heteroatoms. The lowest BCUT2D eigenvalue weighted by molar-refractivity contribution is 0.102. The Morgan fingerprint density at radius 3 is 2.75 bits per heavy atom. The number of hydrogen-bond acceptors (Lipinski definition) is 6. The zero-order valence-corrected chi connectivity index (χ0v) is 13.4. The first-order valence-electron chi connectivity index (χ1n) is 7.73. The summed E-state index contributed by atoms with van der Waals surface area (Å²) in [5.74, 6) is 0.442. The van der Waals surface area contributed by atoms with Gasteiger partial charge in [-0.2, -0.15) is 5.26 Å². The molecule has 0 bridgehead atoms. The Hall–Kier alpha value is -2.98. The number of aromatic nitrogens is 2. The fraction of sp³-hybridized carbons (Fsp3) is 0.294. The van der Waals surface area contributed by atoms with E-state index in [9.17, 15) is 4.79 Å². The van der Waals surface area contributed by atoms with Crippen molar-refractivity contribution in [2.24, 2.45) is 0 Å². The summed E-state index contributed by atoms with van der Waals surface area (Å²) in [6, 6.07) is 10.5. The monoisotopic (exact) mass is 322 g/mol. The summed E-state index contributed by atoms with van der Waals surface area (Å²) in [6.07, 6.45) is 1.41. The largest absolute Gasteiger partial charge is 0.354 e. The second-order valence-electron chi connectivity index (χ2n) is 5.70. The van der Waals surface area contributed by atoms with E-state index in [1.54, 1.807) is 30.3 Å². The maximum Gasteiger partial charge on any atom is 0.274 e. The summed E-state index contributed by atoms with van der Waals surface area (Å²) < 4.78 is 0. The van der Waals surface area contributed by atoms with E-state index < -0.39 is 0 Å². The molecule has 1 amide bonds. The first kappa shape index (κ1) is 15.9. The minimum Gasteiger partial charge on any atom is -0.354 e. The smallest absolute Gasteiger partial charge is 0.274 e. The molecule has 0 radical (unpaired) electrons. The number of nitrogens with zero attached hydrogens (tertiary/aromatic N) is 5. The van der Waals surface area contributed by atoms with Crippen LogP contribution in [0.2, 0.25) is 0 Å². The maximum atomic E-state index is 12.4. The van der Waals surface area contributed by atoms with Crippen molar-refractivity contribution in [2.75, 3.05) is 43.4 Å². The normalized spacial score (nSPS) is 14.9. The predicted octanol–water partition coefficient (Wildman–Crippen LogP) is 1.35. The highest BCUT2D eigenvalue weighted by Gasteiger charge is 2.17. The third-order valence-corrected chi connectivity index (χ3v) is 3.96. The van der Waals surface area contributed by atoms with Crippen molar-refractivity contribution in [2.45, 2.75) is 0 Å². The van der Waals surface area contributed by atoms with Gasteiger partial charge in [0.25, 0.3) is 5.91 Å².